The molecule has 0 radical (unpaired) electrons. The topological polar surface area (TPSA) is 150 Å². The molecular weight excluding hydrogens is 424 g/mol. The van der Waals surface area contributed by atoms with E-state index in [2.05, 4.69) is 13.8 Å². The fourth-order valence-corrected chi connectivity index (χ4v) is 3.19. The fourth-order valence-electron chi connectivity index (χ4n) is 3.19. The Morgan fingerprint density at radius 1 is 0.455 bits per heavy atom. The van der Waals surface area contributed by atoms with E-state index in [1.54, 1.807) is 0 Å². The van der Waals surface area contributed by atoms with Gasteiger partial charge in [-0.3, -0.25) is 0 Å². The molecule has 0 aliphatic rings. The van der Waals surface area contributed by atoms with Gasteiger partial charge in [-0.1, -0.05) is 13.8 Å². The van der Waals surface area contributed by atoms with E-state index in [0.717, 1.165) is 12.8 Å². The van der Waals surface area contributed by atoms with E-state index < -0.39 is 0 Å². The highest BCUT2D eigenvalue weighted by Gasteiger charge is 2.34. The van der Waals surface area contributed by atoms with Crippen LogP contribution in [-0.2, 0) is 23.7 Å². The van der Waals surface area contributed by atoms with Crippen molar-refractivity contribution in [2.24, 2.45) is 33.8 Å². The molecule has 0 rings (SSSR count). The number of ether oxygens (including phenoxy) is 5. The first kappa shape index (κ1) is 32.6. The number of nitrogens with two attached hydrogens (primary N) is 4. The van der Waals surface area contributed by atoms with E-state index in [-0.39, 0.29) is 35.0 Å². The summed E-state index contributed by atoms with van der Waals surface area (Å²) in [5.74, 6) is 0. The summed E-state index contributed by atoms with van der Waals surface area (Å²) in [6.45, 7) is 16.9. The zero-order valence-electron chi connectivity index (χ0n) is 22.1. The summed E-state index contributed by atoms with van der Waals surface area (Å²) in [4.78, 5) is 0. The van der Waals surface area contributed by atoms with E-state index in [1.807, 2.05) is 27.7 Å². The Morgan fingerprint density at radius 2 is 0.667 bits per heavy atom. The molecule has 0 bridgehead atoms. The first-order chi connectivity index (χ1) is 15.5. The molecule has 0 heterocycles. The first-order valence-corrected chi connectivity index (χ1v) is 12.4. The van der Waals surface area contributed by atoms with Gasteiger partial charge in [0.25, 0.3) is 0 Å². The largest absolute Gasteiger partial charge is 0.380 e. The quantitative estimate of drug-likeness (QED) is 0.180. The molecule has 0 aromatic rings. The lowest BCUT2D eigenvalue weighted by Gasteiger charge is -2.36. The second-order valence-corrected chi connectivity index (χ2v) is 10.2. The second kappa shape index (κ2) is 18.0. The Bertz CT molecular complexity index is 396. The molecule has 8 N–H and O–H groups in total. The lowest BCUT2D eigenvalue weighted by molar-refractivity contribution is -0.113. The number of rotatable bonds is 22. The van der Waals surface area contributed by atoms with Crippen molar-refractivity contribution < 1.29 is 23.7 Å². The molecule has 0 aliphatic carbocycles. The zero-order chi connectivity index (χ0) is 25.3. The summed E-state index contributed by atoms with van der Waals surface area (Å²) < 4.78 is 30.0. The third kappa shape index (κ3) is 16.0. The van der Waals surface area contributed by atoms with Crippen molar-refractivity contribution in [3.05, 3.63) is 0 Å². The maximum Gasteiger partial charge on any atom is 0.0615 e. The minimum atomic E-state index is -0.289. The van der Waals surface area contributed by atoms with Crippen LogP contribution in [0.5, 0.6) is 0 Å². The van der Waals surface area contributed by atoms with Crippen LogP contribution in [0.1, 0.15) is 54.4 Å². The third-order valence-corrected chi connectivity index (χ3v) is 5.47. The van der Waals surface area contributed by atoms with Crippen molar-refractivity contribution in [2.75, 3.05) is 66.1 Å². The highest BCUT2D eigenvalue weighted by molar-refractivity contribution is 4.82. The average molecular weight is 479 g/mol. The molecule has 0 fully saturated rings. The summed E-state index contributed by atoms with van der Waals surface area (Å²) in [7, 11) is 0. The third-order valence-electron chi connectivity index (χ3n) is 5.47. The van der Waals surface area contributed by atoms with Gasteiger partial charge in [-0.25, -0.2) is 0 Å². The number of hydrogen-bond donors (Lipinski definition) is 4. The van der Waals surface area contributed by atoms with E-state index in [0.29, 0.717) is 66.1 Å². The molecule has 0 saturated carbocycles. The van der Waals surface area contributed by atoms with E-state index in [9.17, 15) is 0 Å². The van der Waals surface area contributed by atoms with Crippen molar-refractivity contribution in [2.45, 2.75) is 78.6 Å². The van der Waals surface area contributed by atoms with E-state index in [4.69, 9.17) is 46.6 Å². The Balaban J connectivity index is 5.19. The van der Waals surface area contributed by atoms with Crippen LogP contribution >= 0.6 is 0 Å². The molecule has 200 valence electrons. The van der Waals surface area contributed by atoms with Crippen LogP contribution in [0.3, 0.4) is 0 Å². The van der Waals surface area contributed by atoms with Crippen molar-refractivity contribution in [3.63, 3.8) is 0 Å². The molecule has 0 spiro atoms. The van der Waals surface area contributed by atoms with Crippen LogP contribution in [0.2, 0.25) is 0 Å². The summed E-state index contributed by atoms with van der Waals surface area (Å²) >= 11 is 0. The molecule has 0 aromatic carbocycles. The maximum atomic E-state index is 6.33. The van der Waals surface area contributed by atoms with Gasteiger partial charge in [-0.15, -0.1) is 0 Å². The molecule has 0 saturated heterocycles. The minimum absolute atomic E-state index is 0.0256. The van der Waals surface area contributed by atoms with Gasteiger partial charge in [0.1, 0.15) is 0 Å². The van der Waals surface area contributed by atoms with Crippen molar-refractivity contribution >= 4 is 0 Å². The molecule has 0 amide bonds. The minimum Gasteiger partial charge on any atom is -0.380 e. The Hall–Kier alpha value is -0.360. The van der Waals surface area contributed by atoms with Gasteiger partial charge in [0.05, 0.1) is 66.1 Å². The lowest BCUT2D eigenvalue weighted by Crippen LogP contribution is -2.43. The van der Waals surface area contributed by atoms with Crippen LogP contribution in [0.25, 0.3) is 0 Å². The second-order valence-electron chi connectivity index (χ2n) is 10.2. The molecule has 9 nitrogen and oxygen atoms in total. The van der Waals surface area contributed by atoms with E-state index >= 15 is 0 Å². The van der Waals surface area contributed by atoms with Crippen LogP contribution in [0.4, 0.5) is 0 Å². The van der Waals surface area contributed by atoms with E-state index in [1.165, 1.54) is 0 Å². The SMILES string of the molecule is CCC(COCC(C)N)(COCC(C)N)COCC(CC)(COCC(C)N)COCC(C)N. The Labute approximate surface area is 202 Å². The monoisotopic (exact) mass is 478 g/mol. The molecule has 4 atom stereocenters. The molecule has 0 aromatic heterocycles. The highest BCUT2D eigenvalue weighted by atomic mass is 16.5. The Kier molecular flexibility index (Phi) is 17.8. The van der Waals surface area contributed by atoms with Crippen LogP contribution in [0, 0.1) is 10.8 Å². The maximum absolute atomic E-state index is 6.33. The predicted octanol–water partition coefficient (Wildman–Crippen LogP) is 1.25. The molecule has 4 unspecified atom stereocenters. The zero-order valence-corrected chi connectivity index (χ0v) is 22.1. The lowest BCUT2D eigenvalue weighted by atomic mass is 9.86. The standard InChI is InChI=1S/C24H54N4O5/c1-7-23(13-29-9-19(3)25,14-30-10-20(4)26)17-33-18-24(8-2,15-31-11-21(5)27)16-32-12-22(6)28/h19-22H,7-18,25-28H2,1-6H3. The van der Waals surface area contributed by atoms with Crippen molar-refractivity contribution in [1.82, 2.24) is 0 Å². The summed E-state index contributed by atoms with van der Waals surface area (Å²) in [5.41, 5.74) is 22.9. The smallest absolute Gasteiger partial charge is 0.0615 e. The normalized spacial score (nSPS) is 19.5. The molecule has 33 heavy (non-hydrogen) atoms. The predicted molar refractivity (Wildman–Crippen MR) is 134 cm³/mol. The summed E-state index contributed by atoms with van der Waals surface area (Å²) in [6, 6.07) is -0.102. The van der Waals surface area contributed by atoms with Gasteiger partial charge in [-0.2, -0.15) is 0 Å². The van der Waals surface area contributed by atoms with Gasteiger partial charge >= 0.3 is 0 Å². The molecular formula is C24H54N4O5. The summed E-state index contributed by atoms with van der Waals surface area (Å²) in [6.07, 6.45) is 1.68. The van der Waals surface area contributed by atoms with Crippen LogP contribution < -0.4 is 22.9 Å². The van der Waals surface area contributed by atoms with Crippen molar-refractivity contribution in [3.8, 4) is 0 Å². The van der Waals surface area contributed by atoms with Gasteiger partial charge < -0.3 is 46.6 Å². The van der Waals surface area contributed by atoms with Gasteiger partial charge in [-0.05, 0) is 40.5 Å². The van der Waals surface area contributed by atoms with Gasteiger partial charge in [0.2, 0.25) is 0 Å². The van der Waals surface area contributed by atoms with Crippen molar-refractivity contribution in [1.29, 1.82) is 0 Å². The molecule has 0 aliphatic heterocycles. The Morgan fingerprint density at radius 3 is 0.848 bits per heavy atom. The highest BCUT2D eigenvalue weighted by Crippen LogP contribution is 2.28. The van der Waals surface area contributed by atoms with Crippen LogP contribution in [-0.4, -0.2) is 90.2 Å². The van der Waals surface area contributed by atoms with Crippen LogP contribution in [0.15, 0.2) is 0 Å². The van der Waals surface area contributed by atoms with Gasteiger partial charge in [0, 0.05) is 35.0 Å². The fraction of sp³-hybridized carbons (Fsp3) is 1.00. The first-order valence-electron chi connectivity index (χ1n) is 12.4. The average Bonchev–Trinajstić information content (AvgIpc) is 2.71. The number of hydrogen-bond acceptors (Lipinski definition) is 9. The summed E-state index contributed by atoms with van der Waals surface area (Å²) in [5, 5.41) is 0. The molecule has 9 heteroatoms. The van der Waals surface area contributed by atoms with Gasteiger partial charge in [0.15, 0.2) is 0 Å².